The third-order valence-electron chi connectivity index (χ3n) is 7.38. The molecule has 8 heteroatoms. The number of para-hydroxylation sites is 1. The Hall–Kier alpha value is -4.85. The number of nitrogens with zero attached hydrogens (tertiary/aromatic N) is 5. The molecule has 202 valence electrons. The lowest BCUT2D eigenvalue weighted by Gasteiger charge is -2.35. The molecule has 1 aliphatic rings. The van der Waals surface area contributed by atoms with Crippen LogP contribution in [0.15, 0.2) is 91.4 Å². The van der Waals surface area contributed by atoms with E-state index in [-0.39, 0.29) is 12.5 Å². The minimum Gasteiger partial charge on any atom is -0.497 e. The van der Waals surface area contributed by atoms with Crippen LogP contribution in [0.25, 0.3) is 27.8 Å². The van der Waals surface area contributed by atoms with Crippen molar-refractivity contribution in [3.05, 3.63) is 97.0 Å². The maximum absolute atomic E-state index is 12.9. The van der Waals surface area contributed by atoms with Crippen molar-refractivity contribution < 1.29 is 14.3 Å². The van der Waals surface area contributed by atoms with Gasteiger partial charge in [0.15, 0.2) is 12.3 Å². The molecule has 0 saturated carbocycles. The number of benzene rings is 3. The summed E-state index contributed by atoms with van der Waals surface area (Å²) in [6.07, 6.45) is 3.80. The number of methoxy groups -OCH3 is 1. The molecule has 1 amide bonds. The number of rotatable bonds is 7. The van der Waals surface area contributed by atoms with Crippen molar-refractivity contribution >= 4 is 22.8 Å². The second-order valence-corrected chi connectivity index (χ2v) is 9.79. The fraction of sp³-hybridized carbons (Fsp3) is 0.219. The lowest BCUT2D eigenvalue weighted by Crippen LogP contribution is -2.50. The molecule has 3 aromatic carbocycles. The normalized spacial score (nSPS) is 13.4. The van der Waals surface area contributed by atoms with E-state index >= 15 is 0 Å². The maximum atomic E-state index is 12.9. The minimum atomic E-state index is -0.0287. The van der Waals surface area contributed by atoms with E-state index in [9.17, 15) is 4.79 Å². The SMILES string of the molecule is COc1ccc(OCC(=O)N2CCN(c3ncnc4c3c(-c3ccccc3)cn4-c3ccccc3C)CC2)cc1. The minimum absolute atomic E-state index is 0.00150. The monoisotopic (exact) mass is 533 g/mol. The highest BCUT2D eigenvalue weighted by molar-refractivity contribution is 6.02. The first kappa shape index (κ1) is 25.4. The number of aromatic nitrogens is 3. The number of fused-ring (bicyclic) bond motifs is 1. The van der Waals surface area contributed by atoms with Crippen molar-refractivity contribution in [2.75, 3.05) is 44.8 Å². The van der Waals surface area contributed by atoms with Crippen LogP contribution >= 0.6 is 0 Å². The molecule has 1 fully saturated rings. The molecule has 2 aromatic heterocycles. The molecule has 6 rings (SSSR count). The first-order valence-corrected chi connectivity index (χ1v) is 13.4. The van der Waals surface area contributed by atoms with Crippen molar-refractivity contribution in [3.63, 3.8) is 0 Å². The van der Waals surface area contributed by atoms with E-state index in [0.29, 0.717) is 31.9 Å². The van der Waals surface area contributed by atoms with Crippen molar-refractivity contribution in [1.82, 2.24) is 19.4 Å². The molecule has 0 spiro atoms. The first-order valence-electron chi connectivity index (χ1n) is 13.4. The van der Waals surface area contributed by atoms with Crippen LogP contribution in [0.5, 0.6) is 11.5 Å². The van der Waals surface area contributed by atoms with E-state index in [1.165, 1.54) is 5.56 Å². The summed E-state index contributed by atoms with van der Waals surface area (Å²) >= 11 is 0. The van der Waals surface area contributed by atoms with Crippen LogP contribution in [0.3, 0.4) is 0 Å². The molecular weight excluding hydrogens is 502 g/mol. The molecule has 8 nitrogen and oxygen atoms in total. The van der Waals surface area contributed by atoms with Gasteiger partial charge in [0.1, 0.15) is 23.6 Å². The smallest absolute Gasteiger partial charge is 0.260 e. The topological polar surface area (TPSA) is 72.7 Å². The number of hydrogen-bond acceptors (Lipinski definition) is 6. The fourth-order valence-corrected chi connectivity index (χ4v) is 5.22. The van der Waals surface area contributed by atoms with E-state index in [2.05, 4.69) is 46.9 Å². The highest BCUT2D eigenvalue weighted by Gasteiger charge is 2.26. The van der Waals surface area contributed by atoms with E-state index in [1.807, 2.05) is 47.4 Å². The Morgan fingerprint density at radius 2 is 1.55 bits per heavy atom. The Balaban J connectivity index is 1.25. The van der Waals surface area contributed by atoms with Crippen LogP contribution in [-0.2, 0) is 4.79 Å². The van der Waals surface area contributed by atoms with Gasteiger partial charge in [-0.2, -0.15) is 0 Å². The number of carbonyl (C=O) groups is 1. The quantitative estimate of drug-likeness (QED) is 0.289. The van der Waals surface area contributed by atoms with Gasteiger partial charge in [-0.1, -0.05) is 48.5 Å². The molecule has 0 atom stereocenters. The number of hydrogen-bond donors (Lipinski definition) is 0. The fourth-order valence-electron chi connectivity index (χ4n) is 5.22. The number of anilines is 1. The summed E-state index contributed by atoms with van der Waals surface area (Å²) in [7, 11) is 1.62. The molecule has 1 saturated heterocycles. The molecule has 0 radical (unpaired) electrons. The van der Waals surface area contributed by atoms with Gasteiger partial charge in [-0.15, -0.1) is 0 Å². The summed E-state index contributed by atoms with van der Waals surface area (Å²) in [5.74, 6) is 2.25. The van der Waals surface area contributed by atoms with Gasteiger partial charge >= 0.3 is 0 Å². The van der Waals surface area contributed by atoms with Crippen LogP contribution in [0.2, 0.25) is 0 Å². The van der Waals surface area contributed by atoms with E-state index < -0.39 is 0 Å². The molecule has 3 heterocycles. The Morgan fingerprint density at radius 1 is 0.850 bits per heavy atom. The molecule has 0 N–H and O–H groups in total. The van der Waals surface area contributed by atoms with Gasteiger partial charge in [-0.25, -0.2) is 9.97 Å². The van der Waals surface area contributed by atoms with Crippen LogP contribution in [0, 0.1) is 6.92 Å². The van der Waals surface area contributed by atoms with Crippen molar-refractivity contribution in [2.24, 2.45) is 0 Å². The summed E-state index contributed by atoms with van der Waals surface area (Å²) in [5, 5.41) is 1.01. The van der Waals surface area contributed by atoms with Crippen molar-refractivity contribution in [2.45, 2.75) is 6.92 Å². The molecule has 5 aromatic rings. The third kappa shape index (κ3) is 4.96. The highest BCUT2D eigenvalue weighted by Crippen LogP contribution is 2.37. The number of carbonyl (C=O) groups excluding carboxylic acids is 1. The summed E-state index contributed by atoms with van der Waals surface area (Å²) in [4.78, 5) is 26.5. The molecule has 0 aliphatic carbocycles. The Morgan fingerprint density at radius 3 is 2.27 bits per heavy atom. The molecule has 40 heavy (non-hydrogen) atoms. The largest absolute Gasteiger partial charge is 0.497 e. The van der Waals surface area contributed by atoms with Gasteiger partial charge in [0.05, 0.1) is 12.5 Å². The first-order chi connectivity index (χ1) is 19.6. The predicted molar refractivity (Wildman–Crippen MR) is 156 cm³/mol. The number of piperazine rings is 1. The molecule has 0 unspecified atom stereocenters. The van der Waals surface area contributed by atoms with Crippen molar-refractivity contribution in [1.29, 1.82) is 0 Å². The summed E-state index contributed by atoms with van der Waals surface area (Å²) in [6.45, 7) is 4.64. The Labute approximate surface area is 233 Å². The van der Waals surface area contributed by atoms with Gasteiger partial charge in [0.25, 0.3) is 5.91 Å². The average Bonchev–Trinajstić information content (AvgIpc) is 3.40. The van der Waals surface area contributed by atoms with E-state index in [1.54, 1.807) is 25.6 Å². The molecule has 0 bridgehead atoms. The highest BCUT2D eigenvalue weighted by atomic mass is 16.5. The number of amides is 1. The van der Waals surface area contributed by atoms with Crippen LogP contribution in [0.1, 0.15) is 5.56 Å². The van der Waals surface area contributed by atoms with Gasteiger partial charge in [-0.3, -0.25) is 4.79 Å². The van der Waals surface area contributed by atoms with Gasteiger partial charge in [-0.05, 0) is 48.4 Å². The van der Waals surface area contributed by atoms with Crippen LogP contribution in [-0.4, -0.2) is 65.2 Å². The van der Waals surface area contributed by atoms with Crippen molar-refractivity contribution in [3.8, 4) is 28.3 Å². The van der Waals surface area contributed by atoms with Gasteiger partial charge in [0, 0.05) is 43.6 Å². The lowest BCUT2D eigenvalue weighted by atomic mass is 10.1. The van der Waals surface area contributed by atoms with Crippen LogP contribution < -0.4 is 14.4 Å². The molecule has 1 aliphatic heterocycles. The predicted octanol–water partition coefficient (Wildman–Crippen LogP) is 5.13. The van der Waals surface area contributed by atoms with E-state index in [0.717, 1.165) is 39.4 Å². The summed E-state index contributed by atoms with van der Waals surface area (Å²) < 4.78 is 13.1. The van der Waals surface area contributed by atoms with Crippen LogP contribution in [0.4, 0.5) is 5.82 Å². The third-order valence-corrected chi connectivity index (χ3v) is 7.38. The van der Waals surface area contributed by atoms with E-state index in [4.69, 9.17) is 19.4 Å². The van der Waals surface area contributed by atoms with Gasteiger partial charge in [0.2, 0.25) is 0 Å². The maximum Gasteiger partial charge on any atom is 0.260 e. The zero-order valence-electron chi connectivity index (χ0n) is 22.7. The second kappa shape index (κ2) is 11.1. The second-order valence-electron chi connectivity index (χ2n) is 9.79. The summed E-state index contributed by atoms with van der Waals surface area (Å²) in [5.41, 5.74) is 5.32. The summed E-state index contributed by atoms with van der Waals surface area (Å²) in [6, 6.07) is 25.9. The zero-order valence-corrected chi connectivity index (χ0v) is 22.7. The molecular formula is C32H31N5O3. The Kier molecular flexibility index (Phi) is 7.06. The Bertz CT molecular complexity index is 1620. The number of ether oxygens (including phenoxy) is 2. The van der Waals surface area contributed by atoms with Gasteiger partial charge < -0.3 is 23.8 Å². The zero-order chi connectivity index (χ0) is 27.5. The number of aryl methyl sites for hydroxylation is 1. The standard InChI is InChI=1S/C32H31N5O3/c1-23-8-6-7-11-28(23)37-20-27(24-9-4-3-5-10-24)30-31(33-22-34-32(30)37)36-18-16-35(17-19-36)29(38)21-40-26-14-12-25(39-2)13-15-26/h3-15,20,22H,16-19,21H2,1-2H3. The lowest BCUT2D eigenvalue weighted by molar-refractivity contribution is -0.133. The average molecular weight is 534 g/mol.